The standard InChI is InChI=1S/C19H17F3N2O2S/c1-2-9-24(13-16-6-3-5-15(10-16)12-23)27(25,26)14-17-7-4-8-18(11-17)19(20,21)22/h2-8,10-11H,1,9,13-14H2. The van der Waals surface area contributed by atoms with Gasteiger partial charge in [0.2, 0.25) is 10.0 Å². The predicted molar refractivity (Wildman–Crippen MR) is 95.8 cm³/mol. The van der Waals surface area contributed by atoms with Crippen LogP contribution in [0, 0.1) is 11.3 Å². The number of alkyl halides is 3. The third-order valence-electron chi connectivity index (χ3n) is 3.74. The average Bonchev–Trinajstić information content (AvgIpc) is 2.60. The van der Waals surface area contributed by atoms with E-state index in [1.807, 2.05) is 6.07 Å². The molecule has 27 heavy (non-hydrogen) atoms. The molecule has 0 atom stereocenters. The van der Waals surface area contributed by atoms with Crippen LogP contribution in [0.25, 0.3) is 0 Å². The Labute approximate surface area is 156 Å². The first-order valence-electron chi connectivity index (χ1n) is 7.89. The van der Waals surface area contributed by atoms with Crippen LogP contribution in [0.15, 0.2) is 61.2 Å². The average molecular weight is 394 g/mol. The molecule has 0 bridgehead atoms. The van der Waals surface area contributed by atoms with E-state index in [0.717, 1.165) is 16.4 Å². The van der Waals surface area contributed by atoms with E-state index in [1.165, 1.54) is 18.2 Å². The maximum atomic E-state index is 12.8. The lowest BCUT2D eigenvalue weighted by molar-refractivity contribution is -0.137. The molecule has 0 fully saturated rings. The SMILES string of the molecule is C=CCN(Cc1cccc(C#N)c1)S(=O)(=O)Cc1cccc(C(F)(F)F)c1. The molecule has 0 amide bonds. The Bertz CT molecular complexity index is 963. The van der Waals surface area contributed by atoms with Crippen LogP contribution in [0.5, 0.6) is 0 Å². The lowest BCUT2D eigenvalue weighted by atomic mass is 10.1. The molecule has 0 radical (unpaired) electrons. The Morgan fingerprint density at radius 3 is 2.41 bits per heavy atom. The highest BCUT2D eigenvalue weighted by atomic mass is 32.2. The molecule has 0 aliphatic carbocycles. The molecule has 4 nitrogen and oxygen atoms in total. The first kappa shape index (κ1) is 20.7. The second-order valence-electron chi connectivity index (χ2n) is 5.85. The largest absolute Gasteiger partial charge is 0.416 e. The third-order valence-corrected chi connectivity index (χ3v) is 5.51. The summed E-state index contributed by atoms with van der Waals surface area (Å²) in [6.45, 7) is 3.52. The third kappa shape index (κ3) is 5.67. The minimum atomic E-state index is -4.54. The van der Waals surface area contributed by atoms with Gasteiger partial charge in [0.1, 0.15) is 0 Å². The van der Waals surface area contributed by atoms with E-state index in [9.17, 15) is 21.6 Å². The molecule has 8 heteroatoms. The topological polar surface area (TPSA) is 61.2 Å². The van der Waals surface area contributed by atoms with Gasteiger partial charge in [-0.3, -0.25) is 0 Å². The highest BCUT2D eigenvalue weighted by Gasteiger charge is 2.31. The summed E-state index contributed by atoms with van der Waals surface area (Å²) in [4.78, 5) is 0. The summed E-state index contributed by atoms with van der Waals surface area (Å²) >= 11 is 0. The van der Waals surface area contributed by atoms with Crippen molar-refractivity contribution in [1.29, 1.82) is 5.26 Å². The minimum Gasteiger partial charge on any atom is -0.212 e. The monoisotopic (exact) mass is 394 g/mol. The molecule has 0 saturated heterocycles. The van der Waals surface area contributed by atoms with Gasteiger partial charge in [0.25, 0.3) is 0 Å². The molecule has 0 unspecified atom stereocenters. The molecular weight excluding hydrogens is 377 g/mol. The summed E-state index contributed by atoms with van der Waals surface area (Å²) < 4.78 is 65.1. The molecule has 0 heterocycles. The van der Waals surface area contributed by atoms with E-state index in [1.54, 1.807) is 24.3 Å². The summed E-state index contributed by atoms with van der Waals surface area (Å²) in [5, 5.41) is 8.96. The molecule has 0 aromatic heterocycles. The first-order valence-corrected chi connectivity index (χ1v) is 9.50. The van der Waals surface area contributed by atoms with Crippen molar-refractivity contribution in [2.75, 3.05) is 6.54 Å². The lowest BCUT2D eigenvalue weighted by Crippen LogP contribution is -2.32. The number of halogens is 3. The summed E-state index contributed by atoms with van der Waals surface area (Å²) in [6, 6.07) is 12.7. The molecule has 0 aliphatic rings. The molecule has 142 valence electrons. The second kappa shape index (κ2) is 8.37. The Balaban J connectivity index is 2.27. The summed E-state index contributed by atoms with van der Waals surface area (Å²) in [6.07, 6.45) is -3.14. The zero-order valence-corrected chi connectivity index (χ0v) is 15.1. The zero-order valence-electron chi connectivity index (χ0n) is 14.3. The Morgan fingerprint density at radius 2 is 1.78 bits per heavy atom. The summed E-state index contributed by atoms with van der Waals surface area (Å²) in [5.41, 5.74) is 0.140. The fourth-order valence-electron chi connectivity index (χ4n) is 2.50. The zero-order chi connectivity index (χ0) is 20.1. The van der Waals surface area contributed by atoms with Gasteiger partial charge in [-0.25, -0.2) is 8.42 Å². The van der Waals surface area contributed by atoms with Crippen molar-refractivity contribution in [2.24, 2.45) is 0 Å². The van der Waals surface area contributed by atoms with Gasteiger partial charge in [-0.15, -0.1) is 6.58 Å². The Kier molecular flexibility index (Phi) is 6.41. The van der Waals surface area contributed by atoms with Crippen LogP contribution < -0.4 is 0 Å². The van der Waals surface area contributed by atoms with E-state index in [2.05, 4.69) is 6.58 Å². The van der Waals surface area contributed by atoms with Crippen molar-refractivity contribution in [3.8, 4) is 6.07 Å². The maximum absolute atomic E-state index is 12.8. The number of benzene rings is 2. The first-order chi connectivity index (χ1) is 12.7. The Morgan fingerprint density at radius 1 is 1.11 bits per heavy atom. The lowest BCUT2D eigenvalue weighted by Gasteiger charge is -2.21. The molecule has 0 spiro atoms. The van der Waals surface area contributed by atoms with Crippen molar-refractivity contribution in [3.05, 3.63) is 83.4 Å². The van der Waals surface area contributed by atoms with Gasteiger partial charge in [-0.2, -0.15) is 22.7 Å². The highest BCUT2D eigenvalue weighted by molar-refractivity contribution is 7.88. The van der Waals surface area contributed by atoms with Crippen LogP contribution in [0.2, 0.25) is 0 Å². The van der Waals surface area contributed by atoms with E-state index >= 15 is 0 Å². The molecule has 2 rings (SSSR count). The van der Waals surface area contributed by atoms with Crippen LogP contribution in [0.3, 0.4) is 0 Å². The number of hydrogen-bond donors (Lipinski definition) is 0. The van der Waals surface area contributed by atoms with Gasteiger partial charge in [0.05, 0.1) is 22.9 Å². The van der Waals surface area contributed by atoms with Crippen LogP contribution in [-0.2, 0) is 28.5 Å². The van der Waals surface area contributed by atoms with Gasteiger partial charge in [0.15, 0.2) is 0 Å². The van der Waals surface area contributed by atoms with Gasteiger partial charge in [-0.1, -0.05) is 36.4 Å². The van der Waals surface area contributed by atoms with Crippen LogP contribution in [0.1, 0.15) is 22.3 Å². The van der Waals surface area contributed by atoms with Crippen LogP contribution >= 0.6 is 0 Å². The fraction of sp³-hybridized carbons (Fsp3) is 0.211. The van der Waals surface area contributed by atoms with E-state index in [-0.39, 0.29) is 18.7 Å². The van der Waals surface area contributed by atoms with E-state index < -0.39 is 27.5 Å². The van der Waals surface area contributed by atoms with Crippen molar-refractivity contribution in [1.82, 2.24) is 4.31 Å². The predicted octanol–water partition coefficient (Wildman–Crippen LogP) is 4.10. The second-order valence-corrected chi connectivity index (χ2v) is 7.82. The molecule has 2 aromatic rings. The number of rotatable bonds is 7. The van der Waals surface area contributed by atoms with Gasteiger partial charge >= 0.3 is 6.18 Å². The van der Waals surface area contributed by atoms with Crippen molar-refractivity contribution >= 4 is 10.0 Å². The van der Waals surface area contributed by atoms with Gasteiger partial charge in [0, 0.05) is 13.1 Å². The molecule has 2 aromatic carbocycles. The highest BCUT2D eigenvalue weighted by Crippen LogP contribution is 2.30. The molecule has 0 saturated carbocycles. The van der Waals surface area contributed by atoms with E-state index in [4.69, 9.17) is 5.26 Å². The van der Waals surface area contributed by atoms with Crippen LogP contribution in [-0.4, -0.2) is 19.3 Å². The summed E-state index contributed by atoms with van der Waals surface area (Å²) in [7, 11) is -3.91. The number of nitrogens with zero attached hydrogens (tertiary/aromatic N) is 2. The molecular formula is C19H17F3N2O2S. The van der Waals surface area contributed by atoms with Crippen molar-refractivity contribution in [2.45, 2.75) is 18.5 Å². The summed E-state index contributed by atoms with van der Waals surface area (Å²) in [5.74, 6) is -0.567. The molecule has 0 aliphatic heterocycles. The van der Waals surface area contributed by atoms with Gasteiger partial charge < -0.3 is 0 Å². The van der Waals surface area contributed by atoms with Crippen molar-refractivity contribution in [3.63, 3.8) is 0 Å². The minimum absolute atomic E-state index is 0.00191. The van der Waals surface area contributed by atoms with Crippen LogP contribution in [0.4, 0.5) is 13.2 Å². The number of nitriles is 1. The fourth-order valence-corrected chi connectivity index (χ4v) is 3.96. The smallest absolute Gasteiger partial charge is 0.212 e. The Hall–Kier alpha value is -2.63. The normalized spacial score (nSPS) is 12.0. The van der Waals surface area contributed by atoms with Crippen molar-refractivity contribution < 1.29 is 21.6 Å². The molecule has 0 N–H and O–H groups in total. The van der Waals surface area contributed by atoms with Gasteiger partial charge in [-0.05, 0) is 29.3 Å². The number of hydrogen-bond acceptors (Lipinski definition) is 3. The quantitative estimate of drug-likeness (QED) is 0.665. The van der Waals surface area contributed by atoms with E-state index in [0.29, 0.717) is 11.1 Å². The number of sulfonamides is 1. The maximum Gasteiger partial charge on any atom is 0.416 e.